The minimum Gasteiger partial charge on any atom is -0.380 e. The highest BCUT2D eigenvalue weighted by Gasteiger charge is 2.32. The molecule has 0 radical (unpaired) electrons. The highest BCUT2D eigenvalue weighted by molar-refractivity contribution is 5.99. The lowest BCUT2D eigenvalue weighted by Crippen LogP contribution is -2.47. The number of carbonyl (C=O) groups is 2. The fourth-order valence-electron chi connectivity index (χ4n) is 2.22. The van der Waals surface area contributed by atoms with E-state index in [9.17, 15) is 9.59 Å². The molecule has 2 heterocycles. The molecule has 1 aromatic rings. The van der Waals surface area contributed by atoms with Crippen molar-refractivity contribution >= 4 is 11.8 Å². The summed E-state index contributed by atoms with van der Waals surface area (Å²) in [6.07, 6.45) is 0. The van der Waals surface area contributed by atoms with E-state index in [1.807, 2.05) is 24.3 Å². The second-order valence-electron chi connectivity index (χ2n) is 4.60. The van der Waals surface area contributed by atoms with Crippen LogP contribution in [0.5, 0.6) is 0 Å². The topological polar surface area (TPSA) is 67.4 Å². The first-order valence-corrected chi connectivity index (χ1v) is 5.99. The summed E-state index contributed by atoms with van der Waals surface area (Å²) in [7, 11) is 0. The van der Waals surface area contributed by atoms with E-state index in [1.165, 1.54) is 0 Å². The molecule has 2 aliphatic rings. The summed E-state index contributed by atoms with van der Waals surface area (Å²) >= 11 is 0. The monoisotopic (exact) mass is 246 g/mol. The molecule has 94 valence electrons. The molecule has 18 heavy (non-hydrogen) atoms. The summed E-state index contributed by atoms with van der Waals surface area (Å²) in [5, 5.41) is 5.55. The Balaban J connectivity index is 1.68. The van der Waals surface area contributed by atoms with Crippen molar-refractivity contribution in [2.75, 3.05) is 13.2 Å². The fraction of sp³-hybridized carbons (Fsp3) is 0.385. The van der Waals surface area contributed by atoms with Crippen LogP contribution in [-0.4, -0.2) is 25.0 Å². The number of benzene rings is 1. The van der Waals surface area contributed by atoms with Gasteiger partial charge >= 0.3 is 0 Å². The van der Waals surface area contributed by atoms with Gasteiger partial charge in [0.05, 0.1) is 19.1 Å². The third kappa shape index (κ3) is 1.91. The van der Waals surface area contributed by atoms with Gasteiger partial charge in [-0.25, -0.2) is 0 Å². The van der Waals surface area contributed by atoms with Gasteiger partial charge in [-0.15, -0.1) is 0 Å². The lowest BCUT2D eigenvalue weighted by atomic mass is 10.0. The van der Waals surface area contributed by atoms with Crippen LogP contribution in [0, 0.1) is 5.92 Å². The summed E-state index contributed by atoms with van der Waals surface area (Å²) in [4.78, 5) is 23.7. The minimum atomic E-state index is -0.425. The van der Waals surface area contributed by atoms with Crippen molar-refractivity contribution in [2.45, 2.75) is 12.6 Å². The van der Waals surface area contributed by atoms with E-state index in [1.54, 1.807) is 0 Å². The molecule has 1 atom stereocenters. The molecule has 1 fully saturated rings. The Hall–Kier alpha value is -1.72. The molecule has 5 heteroatoms. The first kappa shape index (κ1) is 11.4. The number of hydrogen-bond donors (Lipinski definition) is 2. The maximum atomic E-state index is 12.0. The first-order chi connectivity index (χ1) is 8.75. The smallest absolute Gasteiger partial charge is 0.248 e. The van der Waals surface area contributed by atoms with E-state index in [4.69, 9.17) is 4.74 Å². The number of carbonyl (C=O) groups excluding carboxylic acids is 2. The molecule has 2 N–H and O–H groups in total. The Morgan fingerprint density at radius 2 is 2.00 bits per heavy atom. The normalized spacial score (nSPS) is 22.1. The predicted molar refractivity (Wildman–Crippen MR) is 63.5 cm³/mol. The molecule has 3 rings (SSSR count). The Morgan fingerprint density at radius 3 is 2.72 bits per heavy atom. The zero-order chi connectivity index (χ0) is 12.5. The van der Waals surface area contributed by atoms with Crippen LogP contribution in [0.3, 0.4) is 0 Å². The van der Waals surface area contributed by atoms with Crippen molar-refractivity contribution in [3.8, 4) is 0 Å². The number of imide groups is 1. The average molecular weight is 246 g/mol. The number of amides is 2. The van der Waals surface area contributed by atoms with Crippen LogP contribution < -0.4 is 10.6 Å². The lowest BCUT2D eigenvalue weighted by molar-refractivity contribution is -0.143. The standard InChI is InChI=1S/C13H14N2O3/c16-12(9-6-18-7-9)15-13(17)11-10-4-2-1-3-8(10)5-14-11/h1-4,9,11,14H,5-7H2,(H,15,16,17). The van der Waals surface area contributed by atoms with Gasteiger partial charge < -0.3 is 4.74 Å². The molecule has 2 amide bonds. The molecule has 0 bridgehead atoms. The van der Waals surface area contributed by atoms with Crippen LogP contribution in [-0.2, 0) is 20.9 Å². The van der Waals surface area contributed by atoms with Gasteiger partial charge in [0.15, 0.2) is 0 Å². The maximum Gasteiger partial charge on any atom is 0.248 e. The molecule has 0 saturated carbocycles. The predicted octanol–water partition coefficient (Wildman–Crippen LogP) is 0.120. The van der Waals surface area contributed by atoms with Crippen LogP contribution in [0.2, 0.25) is 0 Å². The number of nitrogens with one attached hydrogen (secondary N) is 2. The van der Waals surface area contributed by atoms with Gasteiger partial charge in [-0.1, -0.05) is 24.3 Å². The molecule has 0 spiro atoms. The quantitative estimate of drug-likeness (QED) is 0.727. The summed E-state index contributed by atoms with van der Waals surface area (Å²) in [6.45, 7) is 1.48. The molecule has 1 unspecified atom stereocenters. The van der Waals surface area contributed by atoms with E-state index in [0.29, 0.717) is 19.8 Å². The fourth-order valence-corrected chi connectivity index (χ4v) is 2.22. The number of fused-ring (bicyclic) bond motifs is 1. The third-order valence-corrected chi connectivity index (χ3v) is 3.38. The van der Waals surface area contributed by atoms with Gasteiger partial charge in [0.25, 0.3) is 0 Å². The van der Waals surface area contributed by atoms with Crippen molar-refractivity contribution < 1.29 is 14.3 Å². The van der Waals surface area contributed by atoms with Gasteiger partial charge in [0.2, 0.25) is 11.8 Å². The van der Waals surface area contributed by atoms with E-state index in [-0.39, 0.29) is 17.7 Å². The van der Waals surface area contributed by atoms with E-state index in [2.05, 4.69) is 10.6 Å². The second-order valence-corrected chi connectivity index (χ2v) is 4.60. The van der Waals surface area contributed by atoms with Gasteiger partial charge in [-0.2, -0.15) is 0 Å². The molecule has 0 aromatic heterocycles. The van der Waals surface area contributed by atoms with E-state index >= 15 is 0 Å². The van der Waals surface area contributed by atoms with Crippen molar-refractivity contribution in [2.24, 2.45) is 5.92 Å². The highest BCUT2D eigenvalue weighted by Crippen LogP contribution is 2.25. The Labute approximate surface area is 105 Å². The van der Waals surface area contributed by atoms with Gasteiger partial charge in [0.1, 0.15) is 6.04 Å². The van der Waals surface area contributed by atoms with Crippen molar-refractivity contribution in [3.63, 3.8) is 0 Å². The van der Waals surface area contributed by atoms with Gasteiger partial charge in [-0.3, -0.25) is 20.2 Å². The molecule has 1 aromatic carbocycles. The van der Waals surface area contributed by atoms with Gasteiger partial charge in [0, 0.05) is 6.54 Å². The maximum absolute atomic E-state index is 12.0. The van der Waals surface area contributed by atoms with Crippen molar-refractivity contribution in [1.29, 1.82) is 0 Å². The zero-order valence-electron chi connectivity index (χ0n) is 9.81. The molecule has 1 saturated heterocycles. The zero-order valence-corrected chi connectivity index (χ0v) is 9.81. The molecule has 2 aliphatic heterocycles. The summed E-state index contributed by atoms with van der Waals surface area (Å²) in [6, 6.07) is 7.31. The molecule has 0 aliphatic carbocycles. The molecular formula is C13H14N2O3. The Bertz CT molecular complexity index is 497. The van der Waals surface area contributed by atoms with Crippen molar-refractivity contribution in [1.82, 2.24) is 10.6 Å². The third-order valence-electron chi connectivity index (χ3n) is 3.38. The minimum absolute atomic E-state index is 0.175. The summed E-state index contributed by atoms with van der Waals surface area (Å²) in [5.41, 5.74) is 2.06. The van der Waals surface area contributed by atoms with Crippen LogP contribution in [0.15, 0.2) is 24.3 Å². The molecule has 5 nitrogen and oxygen atoms in total. The first-order valence-electron chi connectivity index (χ1n) is 5.99. The van der Waals surface area contributed by atoms with E-state index < -0.39 is 6.04 Å². The van der Waals surface area contributed by atoms with Gasteiger partial charge in [-0.05, 0) is 11.1 Å². The SMILES string of the molecule is O=C(NC(=O)C1NCc2ccccc21)C1COC1. The summed E-state index contributed by atoms with van der Waals surface area (Å²) in [5.74, 6) is -0.695. The van der Waals surface area contributed by atoms with Crippen molar-refractivity contribution in [3.05, 3.63) is 35.4 Å². The van der Waals surface area contributed by atoms with Crippen LogP contribution >= 0.6 is 0 Å². The molecular weight excluding hydrogens is 232 g/mol. The van der Waals surface area contributed by atoms with Crippen LogP contribution in [0.1, 0.15) is 17.2 Å². The number of rotatable bonds is 2. The number of hydrogen-bond acceptors (Lipinski definition) is 4. The largest absolute Gasteiger partial charge is 0.380 e. The van der Waals surface area contributed by atoms with E-state index in [0.717, 1.165) is 11.1 Å². The van der Waals surface area contributed by atoms with Crippen LogP contribution in [0.4, 0.5) is 0 Å². The average Bonchev–Trinajstić information content (AvgIpc) is 2.69. The Morgan fingerprint density at radius 1 is 1.22 bits per heavy atom. The summed E-state index contributed by atoms with van der Waals surface area (Å²) < 4.78 is 4.93. The number of ether oxygens (including phenoxy) is 1. The Kier molecular flexibility index (Phi) is 2.85. The lowest BCUT2D eigenvalue weighted by Gasteiger charge is -2.25. The second kappa shape index (κ2) is 4.51. The van der Waals surface area contributed by atoms with Crippen LogP contribution in [0.25, 0.3) is 0 Å². The highest BCUT2D eigenvalue weighted by atomic mass is 16.5.